The van der Waals surface area contributed by atoms with Crippen molar-refractivity contribution < 1.29 is 4.74 Å². The van der Waals surface area contributed by atoms with Crippen LogP contribution in [0.5, 0.6) is 5.75 Å². The van der Waals surface area contributed by atoms with Gasteiger partial charge in [-0.3, -0.25) is 0 Å². The fourth-order valence-electron chi connectivity index (χ4n) is 2.96. The summed E-state index contributed by atoms with van der Waals surface area (Å²) in [6.07, 6.45) is 22.1. The third kappa shape index (κ3) is 13.8. The minimum atomic E-state index is -0.276. The van der Waals surface area contributed by atoms with E-state index >= 15 is 0 Å². The predicted molar refractivity (Wildman–Crippen MR) is 131 cm³/mol. The maximum atomic E-state index is 5.87. The van der Waals surface area contributed by atoms with Crippen LogP contribution < -0.4 is 4.74 Å². The standard InChI is InChI=1S/C25H39BOP/c1-23(2)13-12-21-28(3)22-18-24-14-16-25(17-15-24)27-20-11-9-7-5-4-6-8-10-19-26/h13-18,22H,3-12,19-21H2,1-2H3/q+1/b22-18+. The van der Waals surface area contributed by atoms with Crippen LogP contribution in [0, 0.1) is 0 Å². The minimum Gasteiger partial charge on any atom is -0.494 e. The molecule has 0 bridgehead atoms. The second kappa shape index (κ2) is 16.7. The Balaban J connectivity index is 2.13. The molecule has 1 unspecified atom stereocenters. The number of unbranched alkanes of at least 4 members (excludes halogenated alkanes) is 7. The van der Waals surface area contributed by atoms with Gasteiger partial charge in [-0.2, -0.15) is 0 Å². The van der Waals surface area contributed by atoms with E-state index in [-0.39, 0.29) is 7.55 Å². The van der Waals surface area contributed by atoms with Crippen LogP contribution in [0.4, 0.5) is 0 Å². The van der Waals surface area contributed by atoms with Crippen LogP contribution in [0.1, 0.15) is 77.2 Å². The first-order valence-corrected chi connectivity index (χ1v) is 12.7. The highest BCUT2D eigenvalue weighted by atomic mass is 31.1. The van der Waals surface area contributed by atoms with Gasteiger partial charge in [0.25, 0.3) is 0 Å². The van der Waals surface area contributed by atoms with Gasteiger partial charge in [-0.15, -0.1) is 0 Å². The molecule has 1 aromatic carbocycles. The molecule has 0 amide bonds. The number of hydrogen-bond donors (Lipinski definition) is 0. The van der Waals surface area contributed by atoms with Gasteiger partial charge >= 0.3 is 0 Å². The third-order valence-electron chi connectivity index (χ3n) is 4.69. The summed E-state index contributed by atoms with van der Waals surface area (Å²) in [6, 6.07) is 8.41. The Morgan fingerprint density at radius 1 is 0.964 bits per heavy atom. The topological polar surface area (TPSA) is 9.23 Å². The fraction of sp³-hybridized carbons (Fsp3) is 0.560. The summed E-state index contributed by atoms with van der Waals surface area (Å²) in [7, 11) is 5.23. The molecular formula is C25H39BOP+. The lowest BCUT2D eigenvalue weighted by Gasteiger charge is -2.06. The van der Waals surface area contributed by atoms with Crippen LogP contribution in [0.2, 0.25) is 6.32 Å². The molecule has 0 N–H and O–H groups in total. The average Bonchev–Trinajstić information content (AvgIpc) is 2.68. The zero-order chi connectivity index (χ0) is 20.5. The molecular weight excluding hydrogens is 358 g/mol. The molecule has 28 heavy (non-hydrogen) atoms. The lowest BCUT2D eigenvalue weighted by molar-refractivity contribution is 0.304. The first-order valence-electron chi connectivity index (χ1n) is 10.9. The van der Waals surface area contributed by atoms with Gasteiger partial charge in [0.05, 0.1) is 20.8 Å². The normalized spacial score (nSPS) is 11.6. The molecule has 0 aliphatic rings. The predicted octanol–water partition coefficient (Wildman–Crippen LogP) is 8.01. The molecule has 0 fully saturated rings. The van der Waals surface area contributed by atoms with Crippen molar-refractivity contribution in [2.75, 3.05) is 12.8 Å². The number of allylic oxidation sites excluding steroid dienone is 2. The van der Waals surface area contributed by atoms with Gasteiger partial charge in [0.2, 0.25) is 0 Å². The maximum absolute atomic E-state index is 5.87. The molecule has 1 nitrogen and oxygen atoms in total. The Hall–Kier alpha value is -1.27. The Morgan fingerprint density at radius 2 is 1.57 bits per heavy atom. The SMILES string of the molecule is [B]CCCCCCCCCCOc1ccc(/C=C/[P+](=C)CCC=C(C)C)cc1. The second-order valence-electron chi connectivity index (χ2n) is 7.73. The van der Waals surface area contributed by atoms with Gasteiger partial charge < -0.3 is 4.74 Å². The summed E-state index contributed by atoms with van der Waals surface area (Å²) in [6.45, 7) is 5.12. The van der Waals surface area contributed by atoms with Gasteiger partial charge in [0, 0.05) is 6.42 Å². The molecule has 0 saturated heterocycles. The monoisotopic (exact) mass is 397 g/mol. The fourth-order valence-corrected chi connectivity index (χ4v) is 3.95. The Labute approximate surface area is 176 Å². The minimum absolute atomic E-state index is 0.276. The highest BCUT2D eigenvalue weighted by molar-refractivity contribution is 7.59. The zero-order valence-electron chi connectivity index (χ0n) is 18.2. The summed E-state index contributed by atoms with van der Waals surface area (Å²) in [5.74, 6) is 3.24. The highest BCUT2D eigenvalue weighted by Gasteiger charge is 2.00. The van der Waals surface area contributed by atoms with Gasteiger partial charge in [-0.1, -0.05) is 75.0 Å². The van der Waals surface area contributed by atoms with Crippen LogP contribution in [-0.4, -0.2) is 26.9 Å². The van der Waals surface area contributed by atoms with E-state index in [0.717, 1.165) is 37.7 Å². The molecule has 0 heterocycles. The van der Waals surface area contributed by atoms with Gasteiger partial charge in [-0.25, -0.2) is 0 Å². The smallest absolute Gasteiger partial charge is 0.119 e. The van der Waals surface area contributed by atoms with E-state index in [0.29, 0.717) is 0 Å². The highest BCUT2D eigenvalue weighted by Crippen LogP contribution is 2.25. The molecule has 3 heteroatoms. The van der Waals surface area contributed by atoms with Crippen molar-refractivity contribution >= 4 is 27.8 Å². The van der Waals surface area contributed by atoms with Crippen molar-refractivity contribution in [1.82, 2.24) is 0 Å². The van der Waals surface area contributed by atoms with Crippen molar-refractivity contribution in [2.24, 2.45) is 0 Å². The van der Waals surface area contributed by atoms with Crippen molar-refractivity contribution in [3.05, 3.63) is 47.3 Å². The van der Waals surface area contributed by atoms with Crippen LogP contribution in [0.3, 0.4) is 0 Å². The number of rotatable bonds is 16. The van der Waals surface area contributed by atoms with E-state index < -0.39 is 0 Å². The molecule has 0 aliphatic carbocycles. The van der Waals surface area contributed by atoms with Crippen LogP contribution in [-0.2, 0) is 0 Å². The third-order valence-corrected chi connectivity index (χ3v) is 6.10. The van der Waals surface area contributed by atoms with E-state index in [1.165, 1.54) is 56.1 Å². The molecule has 0 aromatic heterocycles. The summed E-state index contributed by atoms with van der Waals surface area (Å²) < 4.78 is 5.87. The lowest BCUT2D eigenvalue weighted by Crippen LogP contribution is -1.97. The average molecular weight is 397 g/mol. The van der Waals surface area contributed by atoms with Gasteiger partial charge in [-0.05, 0) is 44.0 Å². The van der Waals surface area contributed by atoms with E-state index in [1.54, 1.807) is 0 Å². The number of hydrogen-bond acceptors (Lipinski definition) is 1. The van der Waals surface area contributed by atoms with E-state index in [2.05, 4.69) is 62.4 Å². The molecule has 1 aromatic rings. The van der Waals surface area contributed by atoms with Crippen LogP contribution in [0.15, 0.2) is 41.7 Å². The first kappa shape index (κ1) is 24.8. The lowest BCUT2D eigenvalue weighted by atomic mass is 9.98. The number of ether oxygens (including phenoxy) is 1. The summed E-state index contributed by atoms with van der Waals surface area (Å²) in [5.41, 5.74) is 2.61. The summed E-state index contributed by atoms with van der Waals surface area (Å²) in [4.78, 5) is 0. The quantitative estimate of drug-likeness (QED) is 0.119. The summed E-state index contributed by atoms with van der Waals surface area (Å²) in [5, 5.41) is 0. The largest absolute Gasteiger partial charge is 0.494 e. The maximum Gasteiger partial charge on any atom is 0.119 e. The van der Waals surface area contributed by atoms with Crippen LogP contribution >= 0.6 is 7.55 Å². The molecule has 2 radical (unpaired) electrons. The Bertz CT molecular complexity index is 585. The Morgan fingerprint density at radius 3 is 2.18 bits per heavy atom. The molecule has 152 valence electrons. The summed E-state index contributed by atoms with van der Waals surface area (Å²) >= 11 is 0. The first-order chi connectivity index (χ1) is 13.6. The van der Waals surface area contributed by atoms with Crippen molar-refractivity contribution in [3.8, 4) is 5.75 Å². The molecule has 0 spiro atoms. The van der Waals surface area contributed by atoms with Gasteiger partial charge in [0.1, 0.15) is 25.3 Å². The van der Waals surface area contributed by atoms with E-state index in [1.807, 2.05) is 0 Å². The van der Waals surface area contributed by atoms with Crippen molar-refractivity contribution in [1.29, 1.82) is 0 Å². The van der Waals surface area contributed by atoms with E-state index in [4.69, 9.17) is 12.6 Å². The number of benzene rings is 1. The molecule has 1 rings (SSSR count). The van der Waals surface area contributed by atoms with Gasteiger partial charge in [0.15, 0.2) is 0 Å². The Kier molecular flexibility index (Phi) is 14.7. The molecule has 1 atom stereocenters. The van der Waals surface area contributed by atoms with Crippen LogP contribution in [0.25, 0.3) is 6.08 Å². The molecule has 0 aliphatic heterocycles. The zero-order valence-corrected chi connectivity index (χ0v) is 19.1. The molecule has 0 saturated carbocycles. The van der Waals surface area contributed by atoms with E-state index in [9.17, 15) is 0 Å². The van der Waals surface area contributed by atoms with Crippen molar-refractivity contribution in [2.45, 2.75) is 78.0 Å². The van der Waals surface area contributed by atoms with Crippen molar-refractivity contribution in [3.63, 3.8) is 0 Å². The second-order valence-corrected chi connectivity index (χ2v) is 9.66.